The summed E-state index contributed by atoms with van der Waals surface area (Å²) in [5, 5.41) is 0. The average molecular weight is 170 g/mol. The summed E-state index contributed by atoms with van der Waals surface area (Å²) in [5.41, 5.74) is 0.973. The van der Waals surface area contributed by atoms with Gasteiger partial charge in [-0.3, -0.25) is 0 Å². The molecular formula is C9H14O3. The number of hydrogen-bond acceptors (Lipinski definition) is 3. The van der Waals surface area contributed by atoms with E-state index in [0.717, 1.165) is 5.56 Å². The monoisotopic (exact) mass is 170 g/mol. The fraction of sp³-hybridized carbons (Fsp3) is 0.556. The molecule has 0 saturated carbocycles. The molecule has 0 amide bonds. The van der Waals surface area contributed by atoms with E-state index in [4.69, 9.17) is 13.9 Å². The molecule has 0 radical (unpaired) electrons. The van der Waals surface area contributed by atoms with Gasteiger partial charge in [0.15, 0.2) is 0 Å². The van der Waals surface area contributed by atoms with Crippen molar-refractivity contribution in [1.82, 2.24) is 0 Å². The molecule has 3 heteroatoms. The molecule has 0 atom stereocenters. The first-order chi connectivity index (χ1) is 5.77. The average Bonchev–Trinajstić information content (AvgIpc) is 2.34. The van der Waals surface area contributed by atoms with Crippen LogP contribution < -0.4 is 9.47 Å². The summed E-state index contributed by atoms with van der Waals surface area (Å²) in [4.78, 5) is 0. The molecule has 0 aliphatic carbocycles. The second kappa shape index (κ2) is 4.04. The van der Waals surface area contributed by atoms with Gasteiger partial charge >= 0.3 is 0 Å². The van der Waals surface area contributed by atoms with E-state index in [1.165, 1.54) is 0 Å². The fourth-order valence-electron chi connectivity index (χ4n) is 0.925. The zero-order valence-corrected chi connectivity index (χ0v) is 7.72. The predicted molar refractivity (Wildman–Crippen MR) is 45.8 cm³/mol. The molecule has 1 aromatic heterocycles. The molecule has 1 aromatic rings. The van der Waals surface area contributed by atoms with E-state index >= 15 is 0 Å². The first-order valence-electron chi connectivity index (χ1n) is 4.14. The van der Waals surface area contributed by atoms with Crippen molar-refractivity contribution >= 4 is 0 Å². The van der Waals surface area contributed by atoms with Crippen molar-refractivity contribution in [3.8, 4) is 11.9 Å². The fourth-order valence-corrected chi connectivity index (χ4v) is 0.925. The summed E-state index contributed by atoms with van der Waals surface area (Å²) in [6.45, 7) is 6.98. The molecule has 12 heavy (non-hydrogen) atoms. The van der Waals surface area contributed by atoms with Gasteiger partial charge in [0.2, 0.25) is 0 Å². The van der Waals surface area contributed by atoms with E-state index in [9.17, 15) is 0 Å². The molecule has 0 bridgehead atoms. The third kappa shape index (κ3) is 1.94. The highest BCUT2D eigenvalue weighted by molar-refractivity contribution is 5.27. The molecule has 0 spiro atoms. The van der Waals surface area contributed by atoms with Crippen LogP contribution >= 0.6 is 0 Å². The van der Waals surface area contributed by atoms with E-state index in [-0.39, 0.29) is 0 Å². The molecular weight excluding hydrogens is 156 g/mol. The highest BCUT2D eigenvalue weighted by Crippen LogP contribution is 2.27. The van der Waals surface area contributed by atoms with E-state index < -0.39 is 0 Å². The van der Waals surface area contributed by atoms with Gasteiger partial charge < -0.3 is 13.9 Å². The second-order valence-corrected chi connectivity index (χ2v) is 2.40. The number of hydrogen-bond donors (Lipinski definition) is 0. The Morgan fingerprint density at radius 2 is 1.92 bits per heavy atom. The molecule has 0 aliphatic rings. The summed E-state index contributed by atoms with van der Waals surface area (Å²) in [6.07, 6.45) is 0. The van der Waals surface area contributed by atoms with Crippen molar-refractivity contribution in [2.45, 2.75) is 20.8 Å². The lowest BCUT2D eigenvalue weighted by Crippen LogP contribution is -1.90. The van der Waals surface area contributed by atoms with Crippen LogP contribution in [0.2, 0.25) is 0 Å². The maximum absolute atomic E-state index is 5.25. The van der Waals surface area contributed by atoms with Crippen molar-refractivity contribution in [2.75, 3.05) is 13.2 Å². The Balaban J connectivity index is 2.70. The van der Waals surface area contributed by atoms with Crippen LogP contribution in [0.5, 0.6) is 11.9 Å². The quantitative estimate of drug-likeness (QED) is 0.695. The standard InChI is InChI=1S/C9H14O3/c1-4-10-8-6-7(3)9(12-8)11-5-2/h6H,4-5H2,1-3H3. The van der Waals surface area contributed by atoms with Gasteiger partial charge in [-0.05, 0) is 20.8 Å². The topological polar surface area (TPSA) is 31.6 Å². The van der Waals surface area contributed by atoms with Crippen molar-refractivity contribution in [1.29, 1.82) is 0 Å². The highest BCUT2D eigenvalue weighted by atomic mass is 16.6. The van der Waals surface area contributed by atoms with Gasteiger partial charge in [0, 0.05) is 11.6 Å². The molecule has 68 valence electrons. The SMILES string of the molecule is CCOc1cc(C)c(OCC)o1. The normalized spacial score (nSPS) is 9.92. The lowest BCUT2D eigenvalue weighted by Gasteiger charge is -1.98. The summed E-state index contributed by atoms with van der Waals surface area (Å²) in [5.74, 6) is 1.08. The lowest BCUT2D eigenvalue weighted by atomic mass is 10.4. The Bertz CT molecular complexity index is 240. The van der Waals surface area contributed by atoms with Crippen LogP contribution in [0.15, 0.2) is 10.5 Å². The van der Waals surface area contributed by atoms with Gasteiger partial charge in [0.05, 0.1) is 13.2 Å². The minimum absolute atomic E-state index is 0.526. The third-order valence-electron chi connectivity index (χ3n) is 1.41. The van der Waals surface area contributed by atoms with Crippen LogP contribution in [-0.4, -0.2) is 13.2 Å². The Kier molecular flexibility index (Phi) is 3.02. The Labute approximate surface area is 72.3 Å². The minimum atomic E-state index is 0.526. The van der Waals surface area contributed by atoms with E-state index in [2.05, 4.69) is 0 Å². The van der Waals surface area contributed by atoms with Crippen LogP contribution in [0.1, 0.15) is 19.4 Å². The zero-order valence-electron chi connectivity index (χ0n) is 7.72. The van der Waals surface area contributed by atoms with Crippen LogP contribution in [0.4, 0.5) is 0 Å². The zero-order chi connectivity index (χ0) is 8.97. The Morgan fingerprint density at radius 3 is 2.50 bits per heavy atom. The molecule has 0 fully saturated rings. The Morgan fingerprint density at radius 1 is 1.25 bits per heavy atom. The molecule has 1 heterocycles. The summed E-state index contributed by atoms with van der Waals surface area (Å²) < 4.78 is 15.6. The largest absolute Gasteiger partial charge is 0.465 e. The predicted octanol–water partition coefficient (Wildman–Crippen LogP) is 2.39. The van der Waals surface area contributed by atoms with Gasteiger partial charge in [-0.1, -0.05) is 0 Å². The number of furan rings is 1. The van der Waals surface area contributed by atoms with Gasteiger partial charge in [-0.15, -0.1) is 0 Å². The van der Waals surface area contributed by atoms with Gasteiger partial charge in [0.25, 0.3) is 11.9 Å². The van der Waals surface area contributed by atoms with Crippen LogP contribution in [0, 0.1) is 6.92 Å². The first kappa shape index (κ1) is 8.97. The minimum Gasteiger partial charge on any atom is -0.465 e. The smallest absolute Gasteiger partial charge is 0.290 e. The van der Waals surface area contributed by atoms with Crippen LogP contribution in [0.25, 0.3) is 0 Å². The third-order valence-corrected chi connectivity index (χ3v) is 1.41. The molecule has 0 aromatic carbocycles. The molecule has 0 unspecified atom stereocenters. The van der Waals surface area contributed by atoms with E-state index in [0.29, 0.717) is 25.1 Å². The van der Waals surface area contributed by atoms with Crippen molar-refractivity contribution in [2.24, 2.45) is 0 Å². The Hall–Kier alpha value is -1.12. The van der Waals surface area contributed by atoms with E-state index in [1.54, 1.807) is 0 Å². The van der Waals surface area contributed by atoms with Crippen LogP contribution in [-0.2, 0) is 0 Å². The van der Waals surface area contributed by atoms with Gasteiger partial charge in [-0.2, -0.15) is 0 Å². The molecule has 0 aliphatic heterocycles. The first-order valence-corrected chi connectivity index (χ1v) is 4.14. The molecule has 1 rings (SSSR count). The van der Waals surface area contributed by atoms with Gasteiger partial charge in [0.1, 0.15) is 0 Å². The second-order valence-electron chi connectivity index (χ2n) is 2.40. The van der Waals surface area contributed by atoms with Crippen molar-refractivity contribution < 1.29 is 13.9 Å². The molecule has 0 N–H and O–H groups in total. The number of aryl methyl sites for hydroxylation is 1. The molecule has 0 saturated heterocycles. The summed E-state index contributed by atoms with van der Waals surface area (Å²) in [7, 11) is 0. The number of ether oxygens (including phenoxy) is 2. The maximum Gasteiger partial charge on any atom is 0.290 e. The van der Waals surface area contributed by atoms with Crippen molar-refractivity contribution in [3.05, 3.63) is 11.6 Å². The summed E-state index contributed by atoms with van der Waals surface area (Å²) >= 11 is 0. The maximum atomic E-state index is 5.25. The van der Waals surface area contributed by atoms with E-state index in [1.807, 2.05) is 26.8 Å². The molecule has 3 nitrogen and oxygen atoms in total. The van der Waals surface area contributed by atoms with Crippen molar-refractivity contribution in [3.63, 3.8) is 0 Å². The lowest BCUT2D eigenvalue weighted by molar-refractivity contribution is 0.202. The van der Waals surface area contributed by atoms with Crippen LogP contribution in [0.3, 0.4) is 0 Å². The van der Waals surface area contributed by atoms with Gasteiger partial charge in [-0.25, -0.2) is 0 Å². The summed E-state index contributed by atoms with van der Waals surface area (Å²) in [6, 6.07) is 1.83. The highest BCUT2D eigenvalue weighted by Gasteiger charge is 2.07. The number of rotatable bonds is 4.